The number of aliphatic hydroxyl groups excluding tert-OH is 1. The molecule has 3 N–H and O–H groups in total. The van der Waals surface area contributed by atoms with Gasteiger partial charge in [0.25, 0.3) is 0 Å². The summed E-state index contributed by atoms with van der Waals surface area (Å²) >= 11 is 0. The smallest absolute Gasteiger partial charge is 0.217 e. The molecule has 1 fully saturated rings. The monoisotopic (exact) mass is 522 g/mol. The molecule has 8 heteroatoms. The molecule has 1 aliphatic rings. The van der Waals surface area contributed by atoms with Crippen molar-refractivity contribution in [2.75, 3.05) is 6.54 Å². The molecule has 1 amide bonds. The zero-order valence-corrected chi connectivity index (χ0v) is 22.2. The third-order valence-corrected chi connectivity index (χ3v) is 7.35. The Morgan fingerprint density at radius 3 is 2.47 bits per heavy atom. The Balaban J connectivity index is 1.57. The normalized spacial score (nSPS) is 16.6. The second-order valence-electron chi connectivity index (χ2n) is 10.4. The van der Waals surface area contributed by atoms with E-state index in [2.05, 4.69) is 27.8 Å². The highest BCUT2D eigenvalue weighted by atomic mass is 19.1. The zero-order chi connectivity index (χ0) is 27.3. The number of amides is 1. The van der Waals surface area contributed by atoms with Gasteiger partial charge in [0.15, 0.2) is 0 Å². The number of carbonyl (C=O) groups is 1. The third kappa shape index (κ3) is 6.79. The van der Waals surface area contributed by atoms with Crippen molar-refractivity contribution >= 4 is 5.91 Å². The van der Waals surface area contributed by atoms with Crippen LogP contribution in [0.3, 0.4) is 0 Å². The summed E-state index contributed by atoms with van der Waals surface area (Å²) < 4.78 is 27.5. The van der Waals surface area contributed by atoms with Crippen molar-refractivity contribution in [2.45, 2.75) is 77.0 Å². The maximum atomic E-state index is 13.8. The van der Waals surface area contributed by atoms with E-state index in [4.69, 9.17) is 4.98 Å². The van der Waals surface area contributed by atoms with Crippen molar-refractivity contribution in [1.82, 2.24) is 20.6 Å². The topological polar surface area (TPSA) is 87.1 Å². The average Bonchev–Trinajstić information content (AvgIpc) is 2.88. The Labute approximate surface area is 222 Å². The Morgan fingerprint density at radius 1 is 1.08 bits per heavy atom. The van der Waals surface area contributed by atoms with Crippen LogP contribution in [-0.2, 0) is 16.8 Å². The van der Waals surface area contributed by atoms with Crippen LogP contribution in [0.25, 0.3) is 11.3 Å². The van der Waals surface area contributed by atoms with E-state index in [0.717, 1.165) is 66.4 Å². The van der Waals surface area contributed by atoms with Crippen LogP contribution in [0.5, 0.6) is 0 Å². The first-order chi connectivity index (χ1) is 18.1. The summed E-state index contributed by atoms with van der Waals surface area (Å²) in [6, 6.07) is 10.9. The van der Waals surface area contributed by atoms with E-state index in [1.807, 2.05) is 26.0 Å². The van der Waals surface area contributed by atoms with Crippen molar-refractivity contribution in [3.8, 4) is 11.3 Å². The number of hydrogen-bond acceptors (Lipinski definition) is 5. The zero-order valence-electron chi connectivity index (χ0n) is 22.2. The van der Waals surface area contributed by atoms with Gasteiger partial charge in [-0.2, -0.15) is 0 Å². The lowest BCUT2D eigenvalue weighted by Gasteiger charge is -2.40. The number of nitrogens with one attached hydrogen (secondary N) is 2. The number of carbonyl (C=O) groups excluding carboxylic acids is 1. The molecular weight excluding hydrogens is 486 g/mol. The molecule has 1 saturated carbocycles. The SMILES string of the molecule is CC(=O)NC(Cc1cc(F)cc(F)c1)C(O)CNC1(c2cccc(-c3nc(C)cnc3C)c2)CCCCC1. The largest absolute Gasteiger partial charge is 0.390 e. The lowest BCUT2D eigenvalue weighted by Crippen LogP contribution is -2.53. The lowest BCUT2D eigenvalue weighted by atomic mass is 9.76. The maximum Gasteiger partial charge on any atom is 0.217 e. The molecule has 0 saturated heterocycles. The van der Waals surface area contributed by atoms with E-state index in [0.29, 0.717) is 5.56 Å². The van der Waals surface area contributed by atoms with Crippen LogP contribution in [0.15, 0.2) is 48.7 Å². The summed E-state index contributed by atoms with van der Waals surface area (Å²) in [7, 11) is 0. The summed E-state index contributed by atoms with van der Waals surface area (Å²) in [5.41, 5.74) is 4.70. The van der Waals surface area contributed by atoms with Gasteiger partial charge in [0.05, 0.1) is 29.2 Å². The molecule has 2 aromatic carbocycles. The summed E-state index contributed by atoms with van der Waals surface area (Å²) in [5.74, 6) is -1.70. The highest BCUT2D eigenvalue weighted by Gasteiger charge is 2.35. The van der Waals surface area contributed by atoms with Gasteiger partial charge < -0.3 is 15.7 Å². The average molecular weight is 523 g/mol. The number of halogens is 2. The van der Waals surface area contributed by atoms with Gasteiger partial charge in [0.2, 0.25) is 5.91 Å². The van der Waals surface area contributed by atoms with Gasteiger partial charge >= 0.3 is 0 Å². The predicted molar refractivity (Wildman–Crippen MR) is 143 cm³/mol. The van der Waals surface area contributed by atoms with E-state index < -0.39 is 23.8 Å². The highest BCUT2D eigenvalue weighted by molar-refractivity contribution is 5.73. The first-order valence-electron chi connectivity index (χ1n) is 13.2. The van der Waals surface area contributed by atoms with Gasteiger partial charge in [-0.05, 0) is 62.4 Å². The molecule has 1 aromatic heterocycles. The fourth-order valence-corrected chi connectivity index (χ4v) is 5.47. The minimum atomic E-state index is -0.975. The summed E-state index contributed by atoms with van der Waals surface area (Å²) in [5, 5.41) is 17.6. The molecule has 2 atom stereocenters. The van der Waals surface area contributed by atoms with Gasteiger partial charge in [-0.3, -0.25) is 9.78 Å². The number of aromatic nitrogens is 2. The van der Waals surface area contributed by atoms with Gasteiger partial charge in [-0.1, -0.05) is 37.5 Å². The van der Waals surface area contributed by atoms with Crippen LogP contribution in [0.4, 0.5) is 8.78 Å². The van der Waals surface area contributed by atoms with Crippen molar-refractivity contribution in [2.24, 2.45) is 0 Å². The maximum absolute atomic E-state index is 13.8. The van der Waals surface area contributed by atoms with E-state index in [9.17, 15) is 18.7 Å². The second-order valence-corrected chi connectivity index (χ2v) is 10.4. The first kappa shape index (κ1) is 27.8. The lowest BCUT2D eigenvalue weighted by molar-refractivity contribution is -0.120. The van der Waals surface area contributed by atoms with Crippen LogP contribution in [-0.4, -0.2) is 39.7 Å². The number of aliphatic hydroxyl groups is 1. The first-order valence-corrected chi connectivity index (χ1v) is 13.2. The molecule has 2 unspecified atom stereocenters. The minimum Gasteiger partial charge on any atom is -0.390 e. The summed E-state index contributed by atoms with van der Waals surface area (Å²) in [6.45, 7) is 5.45. The van der Waals surface area contributed by atoms with E-state index >= 15 is 0 Å². The molecule has 1 aliphatic carbocycles. The van der Waals surface area contributed by atoms with E-state index in [-0.39, 0.29) is 24.4 Å². The molecule has 1 heterocycles. The van der Waals surface area contributed by atoms with Crippen LogP contribution in [0.2, 0.25) is 0 Å². The van der Waals surface area contributed by atoms with Crippen LogP contribution in [0.1, 0.15) is 61.5 Å². The van der Waals surface area contributed by atoms with Crippen molar-refractivity contribution in [3.63, 3.8) is 0 Å². The van der Waals surface area contributed by atoms with Gasteiger partial charge in [0, 0.05) is 36.8 Å². The number of rotatable bonds is 9. The third-order valence-electron chi connectivity index (χ3n) is 7.35. The Morgan fingerprint density at radius 2 is 1.79 bits per heavy atom. The van der Waals surface area contributed by atoms with Gasteiger partial charge in [-0.25, -0.2) is 13.8 Å². The van der Waals surface area contributed by atoms with Crippen LogP contribution < -0.4 is 10.6 Å². The molecule has 0 bridgehead atoms. The minimum absolute atomic E-state index is 0.102. The number of aryl methyl sites for hydroxylation is 2. The molecular formula is C30H36F2N4O2. The van der Waals surface area contributed by atoms with Crippen LogP contribution in [0, 0.1) is 25.5 Å². The predicted octanol–water partition coefficient (Wildman–Crippen LogP) is 4.90. The molecule has 0 spiro atoms. The summed E-state index contributed by atoms with van der Waals surface area (Å²) in [4.78, 5) is 21.1. The number of benzene rings is 2. The fraction of sp³-hybridized carbons (Fsp3) is 0.433. The van der Waals surface area contributed by atoms with Crippen molar-refractivity contribution in [3.05, 3.63) is 82.8 Å². The molecule has 4 rings (SSSR count). The van der Waals surface area contributed by atoms with Crippen molar-refractivity contribution in [1.29, 1.82) is 0 Å². The van der Waals surface area contributed by atoms with Crippen molar-refractivity contribution < 1.29 is 18.7 Å². The second kappa shape index (κ2) is 12.1. The molecule has 0 aliphatic heterocycles. The molecule has 6 nitrogen and oxygen atoms in total. The Kier molecular flexibility index (Phi) is 8.84. The van der Waals surface area contributed by atoms with E-state index in [1.165, 1.54) is 19.1 Å². The summed E-state index contributed by atoms with van der Waals surface area (Å²) in [6.07, 6.45) is 5.94. The fourth-order valence-electron chi connectivity index (χ4n) is 5.47. The number of hydrogen-bond donors (Lipinski definition) is 3. The molecule has 38 heavy (non-hydrogen) atoms. The van der Waals surface area contributed by atoms with Gasteiger partial charge in [0.1, 0.15) is 11.6 Å². The van der Waals surface area contributed by atoms with E-state index in [1.54, 1.807) is 6.20 Å². The van der Waals surface area contributed by atoms with Crippen LogP contribution >= 0.6 is 0 Å². The molecule has 202 valence electrons. The standard InChI is InChI=1S/C30H36F2N4O2/c1-19-17-33-20(2)29(35-19)23-8-7-9-24(15-23)30(10-5-4-6-11-30)34-18-28(38)27(36-21(3)37)14-22-12-25(31)16-26(32)13-22/h7-9,12-13,15-17,27-28,34,38H,4-6,10-11,14,18H2,1-3H3,(H,36,37). The number of nitrogens with zero attached hydrogens (tertiary/aromatic N) is 2. The Bertz CT molecular complexity index is 1260. The highest BCUT2D eigenvalue weighted by Crippen LogP contribution is 2.38. The van der Waals surface area contributed by atoms with Gasteiger partial charge in [-0.15, -0.1) is 0 Å². The molecule has 0 radical (unpaired) electrons. The molecule has 3 aromatic rings. The Hall–Kier alpha value is -3.23. The quantitative estimate of drug-likeness (QED) is 0.372.